The maximum atomic E-state index is 6.18. The lowest BCUT2D eigenvalue weighted by atomic mass is 9.75. The molecule has 0 bridgehead atoms. The van der Waals surface area contributed by atoms with E-state index in [1.165, 1.54) is 19.3 Å². The molecule has 1 aliphatic rings. The monoisotopic (exact) mass is 345 g/mol. The molecule has 3 rings (SSSR count). The molecular weight excluding hydrogens is 329 g/mol. The summed E-state index contributed by atoms with van der Waals surface area (Å²) in [7, 11) is 4.28. The van der Waals surface area contributed by atoms with Gasteiger partial charge in [0.2, 0.25) is 0 Å². The van der Waals surface area contributed by atoms with Crippen molar-refractivity contribution in [3.63, 3.8) is 0 Å². The number of halogens is 3. The molecule has 1 fully saturated rings. The Morgan fingerprint density at radius 2 is 1.90 bits per heavy atom. The van der Waals surface area contributed by atoms with Crippen molar-refractivity contribution in [2.45, 2.75) is 37.2 Å². The smallest absolute Gasteiger partial charge is 0.124 e. The number of rotatable bonds is 4. The third-order valence-corrected chi connectivity index (χ3v) is 5.64. The molecular formula is C15H18Cl3N3. The highest BCUT2D eigenvalue weighted by Crippen LogP contribution is 2.39. The van der Waals surface area contributed by atoms with Gasteiger partial charge in [-0.25, -0.2) is 4.98 Å². The number of imidazole rings is 1. The summed E-state index contributed by atoms with van der Waals surface area (Å²) in [4.78, 5) is 6.92. The standard InChI is InChI=1S/C15H18Cl3N3/c1-20(2)15(4-3-5-15)9-21-13-7-11(18)10(17)6-12(13)19-14(21)8-16/h6-7H,3-5,8-9H2,1-2H3. The normalized spacial score (nSPS) is 17.4. The van der Waals surface area contributed by atoms with Crippen LogP contribution in [0.2, 0.25) is 10.0 Å². The third kappa shape index (κ3) is 2.55. The van der Waals surface area contributed by atoms with Gasteiger partial charge >= 0.3 is 0 Å². The Kier molecular flexibility index (Phi) is 4.12. The molecule has 2 aromatic rings. The van der Waals surface area contributed by atoms with Crippen molar-refractivity contribution in [2.24, 2.45) is 0 Å². The summed E-state index contributed by atoms with van der Waals surface area (Å²) in [5, 5.41) is 1.08. The van der Waals surface area contributed by atoms with Crippen LogP contribution in [0.4, 0.5) is 0 Å². The summed E-state index contributed by atoms with van der Waals surface area (Å²) in [6, 6.07) is 3.71. The van der Waals surface area contributed by atoms with Crippen molar-refractivity contribution < 1.29 is 0 Å². The highest BCUT2D eigenvalue weighted by Gasteiger charge is 2.40. The van der Waals surface area contributed by atoms with E-state index in [-0.39, 0.29) is 5.54 Å². The second-order valence-electron chi connectivity index (χ2n) is 5.98. The number of nitrogens with zero attached hydrogens (tertiary/aromatic N) is 3. The molecule has 1 heterocycles. The lowest BCUT2D eigenvalue weighted by molar-refractivity contribution is 0.0429. The highest BCUT2D eigenvalue weighted by atomic mass is 35.5. The lowest BCUT2D eigenvalue weighted by Gasteiger charge is -2.47. The third-order valence-electron chi connectivity index (χ3n) is 4.67. The molecule has 0 amide bonds. The quantitative estimate of drug-likeness (QED) is 0.756. The van der Waals surface area contributed by atoms with Gasteiger partial charge in [0, 0.05) is 12.1 Å². The van der Waals surface area contributed by atoms with Gasteiger partial charge in [0.1, 0.15) is 5.82 Å². The Hall–Kier alpha value is -0.480. The van der Waals surface area contributed by atoms with Crippen LogP contribution in [0.5, 0.6) is 0 Å². The molecule has 0 atom stereocenters. The van der Waals surface area contributed by atoms with Gasteiger partial charge in [0.25, 0.3) is 0 Å². The minimum absolute atomic E-state index is 0.195. The number of benzene rings is 1. The van der Waals surface area contributed by atoms with Crippen LogP contribution in [0.1, 0.15) is 25.1 Å². The molecule has 0 spiro atoms. The van der Waals surface area contributed by atoms with Crippen molar-refractivity contribution in [3.8, 4) is 0 Å². The van der Waals surface area contributed by atoms with Crippen LogP contribution in [-0.4, -0.2) is 34.1 Å². The van der Waals surface area contributed by atoms with Crippen LogP contribution in [0, 0.1) is 0 Å². The highest BCUT2D eigenvalue weighted by molar-refractivity contribution is 6.42. The van der Waals surface area contributed by atoms with Crippen LogP contribution in [0.25, 0.3) is 11.0 Å². The predicted octanol–water partition coefficient (Wildman–Crippen LogP) is 4.57. The summed E-state index contributed by atoms with van der Waals surface area (Å²) < 4.78 is 2.20. The zero-order chi connectivity index (χ0) is 15.2. The maximum absolute atomic E-state index is 6.18. The van der Waals surface area contributed by atoms with E-state index < -0.39 is 0 Å². The predicted molar refractivity (Wildman–Crippen MR) is 89.6 cm³/mol. The minimum atomic E-state index is 0.195. The Balaban J connectivity index is 2.10. The van der Waals surface area contributed by atoms with Crippen LogP contribution < -0.4 is 0 Å². The van der Waals surface area contributed by atoms with Crippen molar-refractivity contribution in [1.29, 1.82) is 0 Å². The van der Waals surface area contributed by atoms with Gasteiger partial charge < -0.3 is 9.47 Å². The SMILES string of the molecule is CN(C)C1(Cn2c(CCl)nc3cc(Cl)c(Cl)cc32)CCC1. The average Bonchev–Trinajstić information content (AvgIpc) is 2.71. The zero-order valence-electron chi connectivity index (χ0n) is 12.2. The molecule has 114 valence electrons. The van der Waals surface area contributed by atoms with Gasteiger partial charge in [-0.3, -0.25) is 0 Å². The molecule has 0 radical (unpaired) electrons. The Morgan fingerprint density at radius 3 is 2.43 bits per heavy atom. The molecule has 21 heavy (non-hydrogen) atoms. The van der Waals surface area contributed by atoms with Crippen molar-refractivity contribution in [3.05, 3.63) is 28.0 Å². The fourth-order valence-corrected chi connectivity index (χ4v) is 3.59. The number of likely N-dealkylation sites (N-methyl/N-ethyl adjacent to an activating group) is 1. The van der Waals surface area contributed by atoms with Gasteiger partial charge in [-0.05, 0) is 45.5 Å². The lowest BCUT2D eigenvalue weighted by Crippen LogP contribution is -2.53. The van der Waals surface area contributed by atoms with Gasteiger partial charge in [-0.1, -0.05) is 23.2 Å². The van der Waals surface area contributed by atoms with Crippen molar-refractivity contribution >= 4 is 45.8 Å². The molecule has 0 N–H and O–H groups in total. The maximum Gasteiger partial charge on any atom is 0.124 e. The molecule has 0 saturated heterocycles. The molecule has 0 unspecified atom stereocenters. The summed E-state index contributed by atoms with van der Waals surface area (Å²) in [5.41, 5.74) is 2.06. The number of hydrogen-bond acceptors (Lipinski definition) is 2. The number of fused-ring (bicyclic) bond motifs is 1. The molecule has 1 aromatic carbocycles. The molecule has 1 aliphatic carbocycles. The van der Waals surface area contributed by atoms with E-state index in [9.17, 15) is 0 Å². The van der Waals surface area contributed by atoms with E-state index in [1.807, 2.05) is 12.1 Å². The van der Waals surface area contributed by atoms with E-state index >= 15 is 0 Å². The first-order valence-electron chi connectivity index (χ1n) is 7.04. The van der Waals surface area contributed by atoms with E-state index in [0.717, 1.165) is 23.4 Å². The van der Waals surface area contributed by atoms with Crippen molar-refractivity contribution in [2.75, 3.05) is 14.1 Å². The number of aromatic nitrogens is 2. The largest absolute Gasteiger partial charge is 0.325 e. The summed E-state index contributed by atoms with van der Waals surface area (Å²) in [5.74, 6) is 1.26. The number of alkyl halides is 1. The number of hydrogen-bond donors (Lipinski definition) is 0. The second kappa shape index (κ2) is 5.62. The topological polar surface area (TPSA) is 21.1 Å². The van der Waals surface area contributed by atoms with Crippen molar-refractivity contribution in [1.82, 2.24) is 14.5 Å². The summed E-state index contributed by atoms with van der Waals surface area (Å²) in [6.07, 6.45) is 3.67. The van der Waals surface area contributed by atoms with E-state index in [2.05, 4.69) is 28.5 Å². The summed E-state index contributed by atoms with van der Waals surface area (Å²) in [6.45, 7) is 0.885. The fourth-order valence-electron chi connectivity index (χ4n) is 3.07. The Morgan fingerprint density at radius 1 is 1.24 bits per heavy atom. The molecule has 1 saturated carbocycles. The average molecular weight is 347 g/mol. The Labute approximate surface area is 139 Å². The first-order chi connectivity index (χ1) is 9.97. The first-order valence-corrected chi connectivity index (χ1v) is 8.33. The fraction of sp³-hybridized carbons (Fsp3) is 0.533. The van der Waals surface area contributed by atoms with Crippen LogP contribution >= 0.6 is 34.8 Å². The van der Waals surface area contributed by atoms with Gasteiger partial charge in [-0.15, -0.1) is 11.6 Å². The second-order valence-corrected chi connectivity index (χ2v) is 7.06. The van der Waals surface area contributed by atoms with E-state index in [4.69, 9.17) is 34.8 Å². The van der Waals surface area contributed by atoms with E-state index in [0.29, 0.717) is 15.9 Å². The van der Waals surface area contributed by atoms with Gasteiger partial charge in [-0.2, -0.15) is 0 Å². The van der Waals surface area contributed by atoms with E-state index in [1.54, 1.807) is 0 Å². The molecule has 0 aliphatic heterocycles. The minimum Gasteiger partial charge on any atom is -0.325 e. The zero-order valence-corrected chi connectivity index (χ0v) is 14.4. The summed E-state index contributed by atoms with van der Waals surface area (Å²) >= 11 is 18.4. The van der Waals surface area contributed by atoms with Crippen LogP contribution in [0.3, 0.4) is 0 Å². The van der Waals surface area contributed by atoms with Gasteiger partial charge in [0.05, 0.1) is 27.0 Å². The molecule has 6 heteroatoms. The molecule has 1 aromatic heterocycles. The Bertz CT molecular complexity index is 674. The first kappa shape index (κ1) is 15.4. The van der Waals surface area contributed by atoms with Gasteiger partial charge in [0.15, 0.2) is 0 Å². The van der Waals surface area contributed by atoms with Crippen LogP contribution in [0.15, 0.2) is 12.1 Å². The molecule has 3 nitrogen and oxygen atoms in total. The van der Waals surface area contributed by atoms with Crippen LogP contribution in [-0.2, 0) is 12.4 Å².